The van der Waals surface area contributed by atoms with Gasteiger partial charge in [-0.15, -0.1) is 0 Å². The third kappa shape index (κ3) is 2.94. The number of hydrogen-bond acceptors (Lipinski definition) is 4. The summed E-state index contributed by atoms with van der Waals surface area (Å²) in [5.74, 6) is -1.53. The molecule has 0 aliphatic heterocycles. The summed E-state index contributed by atoms with van der Waals surface area (Å²) in [4.78, 5) is 12.9. The maximum Gasteiger partial charge on any atom is 0.164 e. The van der Waals surface area contributed by atoms with Crippen LogP contribution in [-0.2, 0) is 0 Å². The second kappa shape index (κ2) is 6.92. The van der Waals surface area contributed by atoms with Crippen LogP contribution in [0.25, 0.3) is 33.4 Å². The lowest BCUT2D eigenvalue weighted by molar-refractivity contribution is 0.583. The van der Waals surface area contributed by atoms with Crippen LogP contribution in [0.5, 0.6) is 0 Å². The van der Waals surface area contributed by atoms with Gasteiger partial charge in [0.25, 0.3) is 0 Å². The Bertz CT molecular complexity index is 1210. The summed E-state index contributed by atoms with van der Waals surface area (Å²) in [6, 6.07) is 7.88. The van der Waals surface area contributed by atoms with Gasteiger partial charge >= 0.3 is 0 Å². The van der Waals surface area contributed by atoms with Crippen LogP contribution in [0.2, 0.25) is 0 Å². The highest BCUT2D eigenvalue weighted by molar-refractivity contribution is 5.94. The molecule has 0 atom stereocenters. The SMILES string of the molecule is CNc1nc(-c2cnccc2C)nc2c(F)c(-c3ccc(F)cc3F)ccc12. The fourth-order valence-corrected chi connectivity index (χ4v) is 3.09. The summed E-state index contributed by atoms with van der Waals surface area (Å²) in [7, 11) is 1.67. The number of nitrogens with zero attached hydrogens (tertiary/aromatic N) is 3. The van der Waals surface area contributed by atoms with E-state index in [-0.39, 0.29) is 16.6 Å². The molecule has 2 aromatic heterocycles. The van der Waals surface area contributed by atoms with Crippen LogP contribution >= 0.6 is 0 Å². The van der Waals surface area contributed by atoms with Crippen LogP contribution in [0.3, 0.4) is 0 Å². The van der Waals surface area contributed by atoms with Crippen molar-refractivity contribution in [2.75, 3.05) is 12.4 Å². The number of halogens is 3. The highest BCUT2D eigenvalue weighted by Gasteiger charge is 2.18. The third-order valence-corrected chi connectivity index (χ3v) is 4.54. The molecule has 2 aromatic carbocycles. The first-order valence-corrected chi connectivity index (χ1v) is 8.54. The van der Waals surface area contributed by atoms with Gasteiger partial charge in [0.15, 0.2) is 11.6 Å². The summed E-state index contributed by atoms with van der Waals surface area (Å²) in [5, 5.41) is 3.40. The molecule has 28 heavy (non-hydrogen) atoms. The number of aromatic nitrogens is 3. The van der Waals surface area contributed by atoms with E-state index in [1.807, 2.05) is 13.0 Å². The Balaban J connectivity index is 2.00. The highest BCUT2D eigenvalue weighted by atomic mass is 19.1. The molecule has 0 unspecified atom stereocenters. The van der Waals surface area contributed by atoms with E-state index in [0.717, 1.165) is 17.7 Å². The Labute approximate surface area is 159 Å². The molecule has 0 spiro atoms. The van der Waals surface area contributed by atoms with Gasteiger partial charge in [-0.3, -0.25) is 4.98 Å². The first-order valence-electron chi connectivity index (χ1n) is 8.54. The lowest BCUT2D eigenvalue weighted by atomic mass is 10.0. The van der Waals surface area contributed by atoms with E-state index >= 15 is 4.39 Å². The minimum atomic E-state index is -0.843. The minimum absolute atomic E-state index is 0.000360. The van der Waals surface area contributed by atoms with Crippen LogP contribution in [0.4, 0.5) is 19.0 Å². The fourth-order valence-electron chi connectivity index (χ4n) is 3.09. The third-order valence-electron chi connectivity index (χ3n) is 4.54. The zero-order valence-electron chi connectivity index (χ0n) is 15.1. The Kier molecular flexibility index (Phi) is 4.43. The molecular formula is C21H15F3N4. The van der Waals surface area contributed by atoms with E-state index in [4.69, 9.17) is 0 Å². The zero-order valence-corrected chi connectivity index (χ0v) is 15.1. The molecule has 140 valence electrons. The molecule has 4 aromatic rings. The van der Waals surface area contributed by atoms with Crippen LogP contribution in [0, 0.1) is 24.4 Å². The van der Waals surface area contributed by atoms with Crippen LogP contribution in [0.1, 0.15) is 5.56 Å². The summed E-state index contributed by atoms with van der Waals surface area (Å²) >= 11 is 0. The van der Waals surface area contributed by atoms with E-state index in [1.165, 1.54) is 12.1 Å². The van der Waals surface area contributed by atoms with E-state index in [1.54, 1.807) is 25.5 Å². The monoisotopic (exact) mass is 380 g/mol. The standard InChI is InChI=1S/C21H15F3N4/c1-11-7-8-26-10-16(11)21-27-19-15(20(25-2)28-21)6-5-14(18(19)24)13-4-3-12(22)9-17(13)23/h3-10H,1-2H3,(H,25,27,28). The van der Waals surface area contributed by atoms with E-state index in [9.17, 15) is 8.78 Å². The number of fused-ring (bicyclic) bond motifs is 1. The van der Waals surface area contributed by atoms with Crippen molar-refractivity contribution >= 4 is 16.7 Å². The first kappa shape index (κ1) is 17.9. The molecule has 0 aliphatic carbocycles. The lowest BCUT2D eigenvalue weighted by Gasteiger charge is -2.12. The van der Waals surface area contributed by atoms with Crippen LogP contribution in [0.15, 0.2) is 48.8 Å². The molecule has 0 amide bonds. The molecule has 0 saturated heterocycles. The van der Waals surface area contributed by atoms with Crippen LogP contribution in [-0.4, -0.2) is 22.0 Å². The maximum absolute atomic E-state index is 15.4. The number of benzene rings is 2. The van der Waals surface area contributed by atoms with Gasteiger partial charge in [0.2, 0.25) is 0 Å². The molecular weight excluding hydrogens is 365 g/mol. The van der Waals surface area contributed by atoms with Gasteiger partial charge in [-0.05, 0) is 36.8 Å². The quantitative estimate of drug-likeness (QED) is 0.536. The number of nitrogens with one attached hydrogen (secondary N) is 1. The lowest BCUT2D eigenvalue weighted by Crippen LogP contribution is -2.02. The van der Waals surface area contributed by atoms with Crippen molar-refractivity contribution < 1.29 is 13.2 Å². The van der Waals surface area contributed by atoms with E-state index in [0.29, 0.717) is 22.6 Å². The van der Waals surface area contributed by atoms with Gasteiger partial charge in [-0.25, -0.2) is 23.1 Å². The normalized spacial score (nSPS) is 11.0. The summed E-state index contributed by atoms with van der Waals surface area (Å²) < 4.78 is 42.8. The second-order valence-electron chi connectivity index (χ2n) is 6.28. The first-order chi connectivity index (χ1) is 13.5. The summed E-state index contributed by atoms with van der Waals surface area (Å²) in [6.45, 7) is 1.88. The number of hydrogen-bond donors (Lipinski definition) is 1. The Hall–Kier alpha value is -3.48. The molecule has 0 aliphatic rings. The summed E-state index contributed by atoms with van der Waals surface area (Å²) in [5.41, 5.74) is 1.55. The largest absolute Gasteiger partial charge is 0.373 e. The van der Waals surface area contributed by atoms with E-state index in [2.05, 4.69) is 20.3 Å². The average Bonchev–Trinajstić information content (AvgIpc) is 2.69. The summed E-state index contributed by atoms with van der Waals surface area (Å²) in [6.07, 6.45) is 3.26. The van der Waals surface area contributed by atoms with Gasteiger partial charge in [-0.2, -0.15) is 0 Å². The molecule has 7 heteroatoms. The predicted molar refractivity (Wildman–Crippen MR) is 102 cm³/mol. The van der Waals surface area contributed by atoms with Crippen molar-refractivity contribution in [1.82, 2.24) is 15.0 Å². The molecule has 4 rings (SSSR count). The number of anilines is 1. The number of rotatable bonds is 3. The molecule has 2 heterocycles. The predicted octanol–water partition coefficient (Wildman–Crippen LogP) is 5.13. The van der Waals surface area contributed by atoms with Crippen molar-refractivity contribution in [3.8, 4) is 22.5 Å². The molecule has 0 fully saturated rings. The van der Waals surface area contributed by atoms with Crippen molar-refractivity contribution in [3.63, 3.8) is 0 Å². The Morgan fingerprint density at radius 3 is 2.39 bits per heavy atom. The smallest absolute Gasteiger partial charge is 0.164 e. The van der Waals surface area contributed by atoms with Gasteiger partial charge in [0.05, 0.1) is 0 Å². The van der Waals surface area contributed by atoms with Crippen molar-refractivity contribution in [2.45, 2.75) is 6.92 Å². The Morgan fingerprint density at radius 2 is 1.68 bits per heavy atom. The average molecular weight is 380 g/mol. The van der Waals surface area contributed by atoms with Crippen molar-refractivity contribution in [3.05, 3.63) is 71.8 Å². The second-order valence-corrected chi connectivity index (χ2v) is 6.28. The van der Waals surface area contributed by atoms with Gasteiger partial charge in [0.1, 0.15) is 23.0 Å². The number of pyridine rings is 1. The van der Waals surface area contributed by atoms with Crippen molar-refractivity contribution in [2.24, 2.45) is 0 Å². The van der Waals surface area contributed by atoms with E-state index < -0.39 is 17.5 Å². The van der Waals surface area contributed by atoms with Gasteiger partial charge < -0.3 is 5.32 Å². The molecule has 0 radical (unpaired) electrons. The van der Waals surface area contributed by atoms with Crippen LogP contribution < -0.4 is 5.32 Å². The number of aryl methyl sites for hydroxylation is 1. The van der Waals surface area contributed by atoms with Gasteiger partial charge in [0, 0.05) is 47.6 Å². The Morgan fingerprint density at radius 1 is 0.893 bits per heavy atom. The topological polar surface area (TPSA) is 50.7 Å². The fraction of sp³-hybridized carbons (Fsp3) is 0.0952. The van der Waals surface area contributed by atoms with Gasteiger partial charge in [-0.1, -0.05) is 6.07 Å². The molecule has 0 saturated carbocycles. The molecule has 4 nitrogen and oxygen atoms in total. The zero-order chi connectivity index (χ0) is 19.8. The molecule has 0 bridgehead atoms. The maximum atomic E-state index is 15.4. The highest BCUT2D eigenvalue weighted by Crippen LogP contribution is 2.33. The molecule has 1 N–H and O–H groups in total. The minimum Gasteiger partial charge on any atom is -0.373 e. The van der Waals surface area contributed by atoms with Crippen molar-refractivity contribution in [1.29, 1.82) is 0 Å².